The first-order chi connectivity index (χ1) is 8.76. The number of para-hydroxylation sites is 1. The first-order valence-corrected chi connectivity index (χ1v) is 5.60. The lowest BCUT2D eigenvalue weighted by atomic mass is 10.1. The van der Waals surface area contributed by atoms with Crippen LogP contribution in [-0.2, 0) is 0 Å². The van der Waals surface area contributed by atoms with Gasteiger partial charge in [0.1, 0.15) is 0 Å². The molecule has 92 valence electrons. The largest absolute Gasteiger partial charge is 0.502 e. The molecular weight excluding hydrogens is 230 g/mol. The summed E-state index contributed by atoms with van der Waals surface area (Å²) in [4.78, 5) is 3.28. The summed E-state index contributed by atoms with van der Waals surface area (Å²) in [6.07, 6.45) is 0. The first kappa shape index (κ1) is 10.8. The van der Waals surface area contributed by atoms with Gasteiger partial charge in [0, 0.05) is 17.0 Å². The Balaban J connectivity index is 2.53. The summed E-state index contributed by atoms with van der Waals surface area (Å²) >= 11 is 0. The highest BCUT2D eigenvalue weighted by Crippen LogP contribution is 2.45. The van der Waals surface area contributed by atoms with Crippen LogP contribution in [0.4, 0.5) is 0 Å². The summed E-state index contributed by atoms with van der Waals surface area (Å²) in [7, 11) is 3.05. The molecule has 0 aliphatic carbocycles. The zero-order valence-corrected chi connectivity index (χ0v) is 10.2. The van der Waals surface area contributed by atoms with Gasteiger partial charge in [-0.2, -0.15) is 0 Å². The third-order valence-electron chi connectivity index (χ3n) is 3.11. The maximum Gasteiger partial charge on any atom is 0.201 e. The van der Waals surface area contributed by atoms with E-state index < -0.39 is 0 Å². The van der Waals surface area contributed by atoms with Crippen LogP contribution in [-0.4, -0.2) is 24.3 Å². The van der Waals surface area contributed by atoms with Crippen molar-refractivity contribution >= 4 is 21.8 Å². The molecule has 0 radical (unpaired) electrons. The van der Waals surface area contributed by atoms with Gasteiger partial charge < -0.3 is 19.6 Å². The molecule has 3 aromatic rings. The fraction of sp³-hybridized carbons (Fsp3) is 0.143. The minimum atomic E-state index is 0.0252. The third kappa shape index (κ3) is 1.32. The maximum atomic E-state index is 10.1. The lowest BCUT2D eigenvalue weighted by molar-refractivity contribution is 0.343. The molecule has 0 saturated carbocycles. The number of benzene rings is 2. The van der Waals surface area contributed by atoms with E-state index in [4.69, 9.17) is 9.47 Å². The van der Waals surface area contributed by atoms with Crippen LogP contribution in [0.3, 0.4) is 0 Å². The fourth-order valence-electron chi connectivity index (χ4n) is 2.30. The molecule has 3 rings (SSSR count). The van der Waals surface area contributed by atoms with Gasteiger partial charge in [-0.1, -0.05) is 18.2 Å². The van der Waals surface area contributed by atoms with E-state index in [1.807, 2.05) is 24.3 Å². The molecule has 0 bridgehead atoms. The average Bonchev–Trinajstić information content (AvgIpc) is 2.76. The second kappa shape index (κ2) is 3.84. The van der Waals surface area contributed by atoms with E-state index in [1.165, 1.54) is 14.2 Å². The molecule has 2 N–H and O–H groups in total. The van der Waals surface area contributed by atoms with Gasteiger partial charge >= 0.3 is 0 Å². The third-order valence-corrected chi connectivity index (χ3v) is 3.11. The minimum absolute atomic E-state index is 0.0252. The highest BCUT2D eigenvalue weighted by molar-refractivity contribution is 6.12. The van der Waals surface area contributed by atoms with E-state index >= 15 is 0 Å². The molecule has 0 spiro atoms. The van der Waals surface area contributed by atoms with Crippen molar-refractivity contribution in [3.8, 4) is 17.2 Å². The molecule has 0 unspecified atom stereocenters. The zero-order chi connectivity index (χ0) is 12.7. The maximum absolute atomic E-state index is 10.1. The number of phenols is 1. The Labute approximate surface area is 104 Å². The van der Waals surface area contributed by atoms with Gasteiger partial charge in [-0.05, 0) is 6.07 Å². The number of fused-ring (bicyclic) bond motifs is 3. The van der Waals surface area contributed by atoms with E-state index in [0.29, 0.717) is 11.5 Å². The average molecular weight is 243 g/mol. The van der Waals surface area contributed by atoms with Crippen LogP contribution in [0.15, 0.2) is 30.3 Å². The second-order valence-electron chi connectivity index (χ2n) is 4.05. The summed E-state index contributed by atoms with van der Waals surface area (Å²) in [5, 5.41) is 12.0. The SMILES string of the molecule is COc1cc2[nH]c3ccccc3c2c(OC)c1O. The van der Waals surface area contributed by atoms with Crippen molar-refractivity contribution in [1.29, 1.82) is 0 Å². The van der Waals surface area contributed by atoms with Gasteiger partial charge in [-0.3, -0.25) is 0 Å². The van der Waals surface area contributed by atoms with E-state index in [2.05, 4.69) is 4.98 Å². The standard InChI is InChI=1S/C14H13NO3/c1-17-11-7-10-12(14(18-2)13(11)16)8-5-3-4-6-9(8)15-10/h3-7,15-16H,1-2H3. The molecule has 0 amide bonds. The predicted molar refractivity (Wildman–Crippen MR) is 70.6 cm³/mol. The van der Waals surface area contributed by atoms with Gasteiger partial charge in [0.15, 0.2) is 11.5 Å². The minimum Gasteiger partial charge on any atom is -0.502 e. The van der Waals surface area contributed by atoms with Crippen LogP contribution in [0.25, 0.3) is 21.8 Å². The van der Waals surface area contributed by atoms with Gasteiger partial charge in [0.25, 0.3) is 0 Å². The van der Waals surface area contributed by atoms with E-state index in [0.717, 1.165) is 21.8 Å². The van der Waals surface area contributed by atoms with Crippen molar-refractivity contribution in [3.63, 3.8) is 0 Å². The van der Waals surface area contributed by atoms with Crippen LogP contribution in [0, 0.1) is 0 Å². The highest BCUT2D eigenvalue weighted by atomic mass is 16.5. The topological polar surface area (TPSA) is 54.5 Å². The summed E-state index contributed by atoms with van der Waals surface area (Å²) < 4.78 is 10.5. The summed E-state index contributed by atoms with van der Waals surface area (Å²) in [6.45, 7) is 0. The van der Waals surface area contributed by atoms with Crippen molar-refractivity contribution in [2.24, 2.45) is 0 Å². The molecule has 2 aromatic carbocycles. The number of ether oxygens (including phenoxy) is 2. The van der Waals surface area contributed by atoms with Crippen LogP contribution >= 0.6 is 0 Å². The molecular formula is C14H13NO3. The van der Waals surface area contributed by atoms with Gasteiger partial charge in [-0.15, -0.1) is 0 Å². The summed E-state index contributed by atoms with van der Waals surface area (Å²) in [5.74, 6) is 0.852. The molecule has 4 nitrogen and oxygen atoms in total. The number of hydrogen-bond donors (Lipinski definition) is 2. The number of H-pyrrole nitrogens is 1. The molecule has 1 heterocycles. The number of hydrogen-bond acceptors (Lipinski definition) is 3. The number of aromatic hydroxyl groups is 1. The van der Waals surface area contributed by atoms with Crippen LogP contribution in [0.2, 0.25) is 0 Å². The highest BCUT2D eigenvalue weighted by Gasteiger charge is 2.17. The first-order valence-electron chi connectivity index (χ1n) is 5.60. The summed E-state index contributed by atoms with van der Waals surface area (Å²) in [6, 6.07) is 9.66. The van der Waals surface area contributed by atoms with E-state index in [9.17, 15) is 5.11 Å². The Morgan fingerprint density at radius 3 is 2.56 bits per heavy atom. The molecule has 1 aromatic heterocycles. The zero-order valence-electron chi connectivity index (χ0n) is 10.2. The number of nitrogens with one attached hydrogen (secondary N) is 1. The Morgan fingerprint density at radius 1 is 1.06 bits per heavy atom. The smallest absolute Gasteiger partial charge is 0.201 e. The van der Waals surface area contributed by atoms with Crippen molar-refractivity contribution in [2.75, 3.05) is 14.2 Å². The number of aromatic nitrogens is 1. The Morgan fingerprint density at radius 2 is 1.83 bits per heavy atom. The molecule has 0 saturated heterocycles. The molecule has 18 heavy (non-hydrogen) atoms. The van der Waals surface area contributed by atoms with Crippen molar-refractivity contribution in [2.45, 2.75) is 0 Å². The summed E-state index contributed by atoms with van der Waals surface area (Å²) in [5.41, 5.74) is 1.88. The Hall–Kier alpha value is -2.36. The monoisotopic (exact) mass is 243 g/mol. The van der Waals surface area contributed by atoms with Gasteiger partial charge in [0.2, 0.25) is 5.75 Å². The Kier molecular flexibility index (Phi) is 2.30. The van der Waals surface area contributed by atoms with E-state index in [1.54, 1.807) is 6.07 Å². The van der Waals surface area contributed by atoms with Crippen LogP contribution in [0.1, 0.15) is 0 Å². The van der Waals surface area contributed by atoms with Crippen molar-refractivity contribution < 1.29 is 14.6 Å². The molecule has 0 aliphatic heterocycles. The number of rotatable bonds is 2. The quantitative estimate of drug-likeness (QED) is 0.727. The Bertz CT molecular complexity index is 731. The fourth-order valence-corrected chi connectivity index (χ4v) is 2.30. The van der Waals surface area contributed by atoms with Crippen molar-refractivity contribution in [1.82, 2.24) is 4.98 Å². The second-order valence-corrected chi connectivity index (χ2v) is 4.05. The van der Waals surface area contributed by atoms with Gasteiger partial charge in [-0.25, -0.2) is 0 Å². The molecule has 4 heteroatoms. The van der Waals surface area contributed by atoms with Gasteiger partial charge in [0.05, 0.1) is 25.1 Å². The molecule has 0 fully saturated rings. The molecule has 0 atom stereocenters. The number of phenolic OH excluding ortho intramolecular Hbond substituents is 1. The molecule has 0 aliphatic rings. The normalized spacial score (nSPS) is 11.0. The van der Waals surface area contributed by atoms with E-state index in [-0.39, 0.29) is 5.75 Å². The predicted octanol–water partition coefficient (Wildman–Crippen LogP) is 3.04. The number of aromatic amines is 1. The van der Waals surface area contributed by atoms with Crippen LogP contribution < -0.4 is 9.47 Å². The lowest BCUT2D eigenvalue weighted by Gasteiger charge is -2.09. The van der Waals surface area contributed by atoms with Crippen molar-refractivity contribution in [3.05, 3.63) is 30.3 Å². The van der Waals surface area contributed by atoms with Crippen LogP contribution in [0.5, 0.6) is 17.2 Å². The lowest BCUT2D eigenvalue weighted by Crippen LogP contribution is -1.89. The number of methoxy groups -OCH3 is 2.